The van der Waals surface area contributed by atoms with E-state index in [0.717, 1.165) is 0 Å². The monoisotopic (exact) mass is 277 g/mol. The van der Waals surface area contributed by atoms with Gasteiger partial charge >= 0.3 is 0 Å². The Bertz CT molecular complexity index is 579. The van der Waals surface area contributed by atoms with Crippen molar-refractivity contribution in [2.24, 2.45) is 5.73 Å². The third-order valence-electron chi connectivity index (χ3n) is 2.84. The van der Waals surface area contributed by atoms with E-state index in [2.05, 4.69) is 0 Å². The quantitative estimate of drug-likeness (QED) is 0.912. The van der Waals surface area contributed by atoms with Crippen molar-refractivity contribution >= 4 is 0 Å². The smallest absolute Gasteiger partial charge is 0.211 e. The van der Waals surface area contributed by atoms with E-state index in [9.17, 15) is 4.39 Å². The van der Waals surface area contributed by atoms with Gasteiger partial charge in [-0.1, -0.05) is 6.07 Å². The van der Waals surface area contributed by atoms with Gasteiger partial charge in [-0.25, -0.2) is 4.39 Å². The van der Waals surface area contributed by atoms with Gasteiger partial charge in [0, 0.05) is 12.1 Å². The Morgan fingerprint density at radius 2 is 1.65 bits per heavy atom. The van der Waals surface area contributed by atoms with E-state index in [1.165, 1.54) is 32.4 Å². The fourth-order valence-electron chi connectivity index (χ4n) is 1.83. The van der Waals surface area contributed by atoms with Crippen molar-refractivity contribution in [3.8, 4) is 23.0 Å². The maximum Gasteiger partial charge on any atom is 0.211 e. The summed E-state index contributed by atoms with van der Waals surface area (Å²) in [5, 5.41) is 0. The summed E-state index contributed by atoms with van der Waals surface area (Å²) in [6.45, 7) is 0.171. The second kappa shape index (κ2) is 6.25. The number of benzene rings is 2. The number of hydrogen-bond acceptors (Lipinski definition) is 4. The molecule has 2 N–H and O–H groups in total. The van der Waals surface area contributed by atoms with E-state index in [1.54, 1.807) is 18.2 Å². The fraction of sp³-hybridized carbons (Fsp3) is 0.200. The molecule has 0 fully saturated rings. The number of halogens is 1. The average Bonchev–Trinajstić information content (AvgIpc) is 2.49. The first-order valence-electron chi connectivity index (χ1n) is 6.07. The Labute approximate surface area is 116 Å². The highest BCUT2D eigenvalue weighted by Crippen LogP contribution is 2.40. The molecule has 0 aliphatic carbocycles. The van der Waals surface area contributed by atoms with Crippen LogP contribution in [0.5, 0.6) is 23.0 Å². The standard InChI is InChI=1S/C15H16FNO3/c1-18-13-4-3-5-14(19-2)15(13)20-12-7-6-11(16)8-10(12)9-17/h3-8H,9,17H2,1-2H3. The minimum atomic E-state index is -0.357. The van der Waals surface area contributed by atoms with E-state index in [0.29, 0.717) is 28.6 Å². The lowest BCUT2D eigenvalue weighted by Gasteiger charge is -2.15. The second-order valence-electron chi connectivity index (χ2n) is 4.05. The third-order valence-corrected chi connectivity index (χ3v) is 2.84. The molecule has 0 amide bonds. The van der Waals surface area contributed by atoms with Gasteiger partial charge in [0.1, 0.15) is 11.6 Å². The van der Waals surface area contributed by atoms with E-state index >= 15 is 0 Å². The maximum absolute atomic E-state index is 13.2. The number of para-hydroxylation sites is 1. The van der Waals surface area contributed by atoms with E-state index < -0.39 is 0 Å². The molecule has 0 spiro atoms. The van der Waals surface area contributed by atoms with Crippen LogP contribution in [0.25, 0.3) is 0 Å². The summed E-state index contributed by atoms with van der Waals surface area (Å²) in [5.74, 6) is 1.59. The lowest BCUT2D eigenvalue weighted by atomic mass is 10.2. The summed E-state index contributed by atoms with van der Waals surface area (Å²) >= 11 is 0. The molecule has 0 saturated carbocycles. The number of methoxy groups -OCH3 is 2. The van der Waals surface area contributed by atoms with Crippen molar-refractivity contribution in [1.82, 2.24) is 0 Å². The highest BCUT2D eigenvalue weighted by molar-refractivity contribution is 5.53. The molecule has 0 aliphatic rings. The van der Waals surface area contributed by atoms with Crippen molar-refractivity contribution in [3.63, 3.8) is 0 Å². The van der Waals surface area contributed by atoms with Gasteiger partial charge in [0.2, 0.25) is 5.75 Å². The molecule has 0 heterocycles. The van der Waals surface area contributed by atoms with Crippen molar-refractivity contribution in [2.75, 3.05) is 14.2 Å². The molecule has 5 heteroatoms. The molecule has 0 atom stereocenters. The van der Waals surface area contributed by atoms with Crippen LogP contribution in [-0.4, -0.2) is 14.2 Å². The van der Waals surface area contributed by atoms with Gasteiger partial charge in [0.15, 0.2) is 11.5 Å². The Hall–Kier alpha value is -2.27. The molecule has 0 unspecified atom stereocenters. The van der Waals surface area contributed by atoms with Crippen LogP contribution in [0, 0.1) is 5.82 Å². The predicted octanol–water partition coefficient (Wildman–Crippen LogP) is 3.09. The summed E-state index contributed by atoms with van der Waals surface area (Å²) in [6, 6.07) is 9.49. The second-order valence-corrected chi connectivity index (χ2v) is 4.05. The molecule has 4 nitrogen and oxygen atoms in total. The van der Waals surface area contributed by atoms with Gasteiger partial charge in [0.05, 0.1) is 14.2 Å². The van der Waals surface area contributed by atoms with Crippen LogP contribution < -0.4 is 19.9 Å². The number of nitrogens with two attached hydrogens (primary N) is 1. The highest BCUT2D eigenvalue weighted by Gasteiger charge is 2.14. The maximum atomic E-state index is 13.2. The molecule has 2 rings (SSSR count). The molecule has 0 saturated heterocycles. The van der Waals surface area contributed by atoms with Crippen LogP contribution in [0.15, 0.2) is 36.4 Å². The van der Waals surface area contributed by atoms with Crippen LogP contribution in [0.4, 0.5) is 4.39 Å². The van der Waals surface area contributed by atoms with Gasteiger partial charge in [-0.15, -0.1) is 0 Å². The minimum Gasteiger partial charge on any atom is -0.493 e. The van der Waals surface area contributed by atoms with Crippen LogP contribution in [0.3, 0.4) is 0 Å². The molecule has 106 valence electrons. The molecular formula is C15H16FNO3. The first kappa shape index (κ1) is 14.1. The zero-order valence-electron chi connectivity index (χ0n) is 11.4. The topological polar surface area (TPSA) is 53.7 Å². The molecule has 0 aliphatic heterocycles. The summed E-state index contributed by atoms with van der Waals surface area (Å²) in [5.41, 5.74) is 6.17. The molecule has 2 aromatic carbocycles. The Morgan fingerprint density at radius 1 is 1.00 bits per heavy atom. The number of hydrogen-bond donors (Lipinski definition) is 1. The summed E-state index contributed by atoms with van der Waals surface area (Å²) in [7, 11) is 3.08. The van der Waals surface area contributed by atoms with Gasteiger partial charge < -0.3 is 19.9 Å². The van der Waals surface area contributed by atoms with Crippen LogP contribution >= 0.6 is 0 Å². The minimum absolute atomic E-state index is 0.171. The lowest BCUT2D eigenvalue weighted by molar-refractivity contribution is 0.345. The van der Waals surface area contributed by atoms with Gasteiger partial charge in [-0.3, -0.25) is 0 Å². The van der Waals surface area contributed by atoms with Crippen LogP contribution in [0.1, 0.15) is 5.56 Å². The normalized spacial score (nSPS) is 10.2. The first-order valence-corrected chi connectivity index (χ1v) is 6.07. The van der Waals surface area contributed by atoms with Gasteiger partial charge in [-0.05, 0) is 30.3 Å². The molecule has 0 aromatic heterocycles. The predicted molar refractivity (Wildman–Crippen MR) is 73.9 cm³/mol. The molecule has 0 radical (unpaired) electrons. The molecular weight excluding hydrogens is 261 g/mol. The number of ether oxygens (including phenoxy) is 3. The summed E-state index contributed by atoms with van der Waals surface area (Å²) in [6.07, 6.45) is 0. The van der Waals surface area contributed by atoms with E-state index in [4.69, 9.17) is 19.9 Å². The Kier molecular flexibility index (Phi) is 4.42. The lowest BCUT2D eigenvalue weighted by Crippen LogP contribution is -2.01. The fourth-order valence-corrected chi connectivity index (χ4v) is 1.83. The molecule has 20 heavy (non-hydrogen) atoms. The van der Waals surface area contributed by atoms with E-state index in [-0.39, 0.29) is 12.4 Å². The van der Waals surface area contributed by atoms with E-state index in [1.807, 2.05) is 0 Å². The van der Waals surface area contributed by atoms with Gasteiger partial charge in [0.25, 0.3) is 0 Å². The zero-order valence-corrected chi connectivity index (χ0v) is 11.4. The van der Waals surface area contributed by atoms with Crippen molar-refractivity contribution in [2.45, 2.75) is 6.54 Å². The highest BCUT2D eigenvalue weighted by atomic mass is 19.1. The van der Waals surface area contributed by atoms with Crippen molar-refractivity contribution < 1.29 is 18.6 Å². The molecule has 0 bridgehead atoms. The Morgan fingerprint density at radius 3 is 2.20 bits per heavy atom. The van der Waals surface area contributed by atoms with Crippen molar-refractivity contribution in [3.05, 3.63) is 47.8 Å². The van der Waals surface area contributed by atoms with Crippen molar-refractivity contribution in [1.29, 1.82) is 0 Å². The van der Waals surface area contributed by atoms with Crippen LogP contribution in [0.2, 0.25) is 0 Å². The summed E-state index contributed by atoms with van der Waals surface area (Å²) in [4.78, 5) is 0. The zero-order chi connectivity index (χ0) is 14.5. The Balaban J connectivity index is 2.44. The summed E-state index contributed by atoms with van der Waals surface area (Å²) < 4.78 is 29.5. The SMILES string of the molecule is COc1cccc(OC)c1Oc1ccc(F)cc1CN. The average molecular weight is 277 g/mol. The molecule has 2 aromatic rings. The third kappa shape index (κ3) is 2.83. The van der Waals surface area contributed by atoms with Crippen LogP contribution in [-0.2, 0) is 6.54 Å². The largest absolute Gasteiger partial charge is 0.493 e. The number of rotatable bonds is 5. The van der Waals surface area contributed by atoms with Gasteiger partial charge in [-0.2, -0.15) is 0 Å². The first-order chi connectivity index (χ1) is 9.69.